The first kappa shape index (κ1) is 11.8. The SMILES string of the molecule is CCc1nnc(NCc2nc(C)ccc2O)s1. The van der Waals surface area contributed by atoms with Crippen molar-refractivity contribution in [2.24, 2.45) is 0 Å². The highest BCUT2D eigenvalue weighted by Gasteiger charge is 2.05. The Balaban J connectivity index is 2.04. The summed E-state index contributed by atoms with van der Waals surface area (Å²) in [6.45, 7) is 4.38. The molecule has 0 aliphatic carbocycles. The van der Waals surface area contributed by atoms with Gasteiger partial charge in [-0.3, -0.25) is 4.98 Å². The summed E-state index contributed by atoms with van der Waals surface area (Å²) in [7, 11) is 0. The summed E-state index contributed by atoms with van der Waals surface area (Å²) < 4.78 is 0. The molecule has 2 aromatic heterocycles. The monoisotopic (exact) mass is 250 g/mol. The van der Waals surface area contributed by atoms with E-state index in [1.54, 1.807) is 12.1 Å². The second-order valence-electron chi connectivity index (χ2n) is 3.63. The number of aromatic hydroxyl groups is 1. The van der Waals surface area contributed by atoms with Gasteiger partial charge in [0.05, 0.1) is 6.54 Å². The molecule has 2 aromatic rings. The lowest BCUT2D eigenvalue weighted by Gasteiger charge is -2.04. The molecule has 0 bridgehead atoms. The van der Waals surface area contributed by atoms with Gasteiger partial charge in [-0.05, 0) is 25.5 Å². The fourth-order valence-electron chi connectivity index (χ4n) is 1.36. The number of aryl methyl sites for hydroxylation is 2. The van der Waals surface area contributed by atoms with Gasteiger partial charge in [0.1, 0.15) is 16.5 Å². The minimum atomic E-state index is 0.198. The third-order valence-corrected chi connectivity index (χ3v) is 3.29. The zero-order chi connectivity index (χ0) is 12.3. The van der Waals surface area contributed by atoms with E-state index < -0.39 is 0 Å². The molecule has 0 radical (unpaired) electrons. The van der Waals surface area contributed by atoms with Crippen LogP contribution in [-0.2, 0) is 13.0 Å². The van der Waals surface area contributed by atoms with Crippen molar-refractivity contribution in [2.75, 3.05) is 5.32 Å². The zero-order valence-electron chi connectivity index (χ0n) is 9.77. The van der Waals surface area contributed by atoms with Crippen molar-refractivity contribution < 1.29 is 5.11 Å². The van der Waals surface area contributed by atoms with Crippen LogP contribution in [0.1, 0.15) is 23.3 Å². The molecule has 2 N–H and O–H groups in total. The number of nitrogens with one attached hydrogen (secondary N) is 1. The van der Waals surface area contributed by atoms with Crippen LogP contribution in [0.3, 0.4) is 0 Å². The predicted octanol–water partition coefficient (Wildman–Crippen LogP) is 2.12. The molecule has 5 nitrogen and oxygen atoms in total. The summed E-state index contributed by atoms with van der Waals surface area (Å²) in [6.07, 6.45) is 0.882. The van der Waals surface area contributed by atoms with Gasteiger partial charge in [-0.25, -0.2) is 0 Å². The lowest BCUT2D eigenvalue weighted by atomic mass is 10.3. The molecule has 0 amide bonds. The Morgan fingerprint density at radius 2 is 2.18 bits per heavy atom. The molecule has 17 heavy (non-hydrogen) atoms. The van der Waals surface area contributed by atoms with E-state index in [9.17, 15) is 5.11 Å². The largest absolute Gasteiger partial charge is 0.506 e. The highest BCUT2D eigenvalue weighted by atomic mass is 32.1. The van der Waals surface area contributed by atoms with E-state index >= 15 is 0 Å². The van der Waals surface area contributed by atoms with Crippen LogP contribution < -0.4 is 5.32 Å². The molecule has 6 heteroatoms. The van der Waals surface area contributed by atoms with Crippen LogP contribution in [0.5, 0.6) is 5.75 Å². The van der Waals surface area contributed by atoms with E-state index in [0.717, 1.165) is 22.3 Å². The maximum absolute atomic E-state index is 9.63. The number of pyridine rings is 1. The maximum atomic E-state index is 9.63. The van der Waals surface area contributed by atoms with Gasteiger partial charge in [0, 0.05) is 5.69 Å². The van der Waals surface area contributed by atoms with Crippen molar-refractivity contribution >= 4 is 16.5 Å². The van der Waals surface area contributed by atoms with Crippen molar-refractivity contribution in [1.82, 2.24) is 15.2 Å². The Morgan fingerprint density at radius 3 is 2.88 bits per heavy atom. The first-order chi connectivity index (χ1) is 8.19. The lowest BCUT2D eigenvalue weighted by molar-refractivity contribution is 0.464. The third-order valence-electron chi connectivity index (χ3n) is 2.27. The molecule has 2 heterocycles. The van der Waals surface area contributed by atoms with Crippen molar-refractivity contribution in [3.8, 4) is 5.75 Å². The lowest BCUT2D eigenvalue weighted by Crippen LogP contribution is -2.02. The van der Waals surface area contributed by atoms with Crippen LogP contribution >= 0.6 is 11.3 Å². The number of rotatable bonds is 4. The van der Waals surface area contributed by atoms with E-state index in [0.29, 0.717) is 12.2 Å². The van der Waals surface area contributed by atoms with Crippen molar-refractivity contribution in [3.05, 3.63) is 28.5 Å². The van der Waals surface area contributed by atoms with Gasteiger partial charge < -0.3 is 10.4 Å². The molecule has 0 saturated carbocycles. The van der Waals surface area contributed by atoms with Crippen LogP contribution in [0, 0.1) is 6.92 Å². The topological polar surface area (TPSA) is 70.9 Å². The van der Waals surface area contributed by atoms with Crippen LogP contribution in [0.2, 0.25) is 0 Å². The Bertz CT molecular complexity index is 512. The van der Waals surface area contributed by atoms with Crippen LogP contribution in [0.15, 0.2) is 12.1 Å². The van der Waals surface area contributed by atoms with Crippen molar-refractivity contribution in [1.29, 1.82) is 0 Å². The quantitative estimate of drug-likeness (QED) is 0.869. The van der Waals surface area contributed by atoms with Gasteiger partial charge >= 0.3 is 0 Å². The molecular formula is C11H14N4OS. The summed E-state index contributed by atoms with van der Waals surface area (Å²) in [5, 5.41) is 22.5. The van der Waals surface area contributed by atoms with E-state index in [1.807, 2.05) is 13.8 Å². The van der Waals surface area contributed by atoms with Gasteiger partial charge in [-0.2, -0.15) is 0 Å². The smallest absolute Gasteiger partial charge is 0.205 e. The molecule has 0 saturated heterocycles. The number of hydrogen-bond donors (Lipinski definition) is 2. The van der Waals surface area contributed by atoms with Crippen LogP contribution in [0.4, 0.5) is 5.13 Å². The van der Waals surface area contributed by atoms with Gasteiger partial charge in [0.2, 0.25) is 5.13 Å². The average Bonchev–Trinajstić information content (AvgIpc) is 2.78. The number of aromatic nitrogens is 3. The minimum Gasteiger partial charge on any atom is -0.506 e. The molecule has 0 spiro atoms. The molecule has 0 fully saturated rings. The second-order valence-corrected chi connectivity index (χ2v) is 4.69. The summed E-state index contributed by atoms with van der Waals surface area (Å²) in [6, 6.07) is 3.43. The van der Waals surface area contributed by atoms with Gasteiger partial charge in [-0.15, -0.1) is 10.2 Å². The summed E-state index contributed by atoms with van der Waals surface area (Å²) in [5.74, 6) is 0.198. The third kappa shape index (κ3) is 2.91. The second kappa shape index (κ2) is 5.09. The molecule has 90 valence electrons. The van der Waals surface area contributed by atoms with Crippen LogP contribution in [0.25, 0.3) is 0 Å². The van der Waals surface area contributed by atoms with Gasteiger partial charge in [0.25, 0.3) is 0 Å². The fraction of sp³-hybridized carbons (Fsp3) is 0.364. The molecule has 0 aliphatic rings. The molecule has 0 unspecified atom stereocenters. The number of nitrogens with zero attached hydrogens (tertiary/aromatic N) is 3. The molecule has 0 atom stereocenters. The van der Waals surface area contributed by atoms with Crippen molar-refractivity contribution in [3.63, 3.8) is 0 Å². The summed E-state index contributed by atoms with van der Waals surface area (Å²) in [4.78, 5) is 4.26. The first-order valence-corrected chi connectivity index (χ1v) is 6.22. The average molecular weight is 250 g/mol. The van der Waals surface area contributed by atoms with Crippen LogP contribution in [-0.4, -0.2) is 20.3 Å². The first-order valence-electron chi connectivity index (χ1n) is 5.40. The Kier molecular flexibility index (Phi) is 3.53. The number of hydrogen-bond acceptors (Lipinski definition) is 6. The van der Waals surface area contributed by atoms with E-state index in [4.69, 9.17) is 0 Å². The van der Waals surface area contributed by atoms with Gasteiger partial charge in [0.15, 0.2) is 0 Å². The van der Waals surface area contributed by atoms with E-state index in [-0.39, 0.29) is 5.75 Å². The summed E-state index contributed by atoms with van der Waals surface area (Å²) >= 11 is 1.52. The zero-order valence-corrected chi connectivity index (χ0v) is 10.6. The molecule has 0 aliphatic heterocycles. The normalized spacial score (nSPS) is 10.5. The Hall–Kier alpha value is -1.69. The van der Waals surface area contributed by atoms with Crippen molar-refractivity contribution in [2.45, 2.75) is 26.8 Å². The standard InChI is InChI=1S/C11H14N4OS/c1-3-10-14-15-11(17-10)12-6-8-9(16)5-4-7(2)13-8/h4-5,16H,3,6H2,1-2H3,(H,12,15). The molecular weight excluding hydrogens is 236 g/mol. The number of anilines is 1. The fourth-order valence-corrected chi connectivity index (χ4v) is 2.04. The molecule has 0 aromatic carbocycles. The maximum Gasteiger partial charge on any atom is 0.205 e. The Labute approximate surface area is 104 Å². The summed E-state index contributed by atoms with van der Waals surface area (Å²) in [5.41, 5.74) is 1.50. The van der Waals surface area contributed by atoms with E-state index in [1.165, 1.54) is 11.3 Å². The minimum absolute atomic E-state index is 0.198. The Morgan fingerprint density at radius 1 is 1.35 bits per heavy atom. The molecule has 2 rings (SSSR count). The van der Waals surface area contributed by atoms with Gasteiger partial charge in [-0.1, -0.05) is 18.3 Å². The highest BCUT2D eigenvalue weighted by molar-refractivity contribution is 7.15. The highest BCUT2D eigenvalue weighted by Crippen LogP contribution is 2.19. The predicted molar refractivity (Wildman–Crippen MR) is 67.3 cm³/mol. The van der Waals surface area contributed by atoms with E-state index in [2.05, 4.69) is 20.5 Å².